The maximum Gasteiger partial charge on any atom is 0.251 e. The summed E-state index contributed by atoms with van der Waals surface area (Å²) in [6.45, 7) is 2.21. The topological polar surface area (TPSA) is 38.3 Å². The molecule has 0 aromatic heterocycles. The van der Waals surface area contributed by atoms with E-state index in [4.69, 9.17) is 16.3 Å². The third kappa shape index (κ3) is 3.56. The Morgan fingerprint density at radius 3 is 3.06 bits per heavy atom. The first kappa shape index (κ1) is 13.1. The standard InChI is InChI=1S/C12H13ClINO2/c13-10-5-9(1-2-11(10)14)12(16)15-6-8-3-4-17-7-8/h1-2,5,8H,3-4,6-7H2,(H,15,16). The normalized spacial score (nSPS) is 19.3. The van der Waals surface area contributed by atoms with Gasteiger partial charge in [-0.15, -0.1) is 0 Å². The Labute approximate surface area is 119 Å². The van der Waals surface area contributed by atoms with Crippen LogP contribution in [0.1, 0.15) is 16.8 Å². The zero-order valence-electron chi connectivity index (χ0n) is 9.21. The van der Waals surface area contributed by atoms with Gasteiger partial charge in [-0.25, -0.2) is 0 Å². The monoisotopic (exact) mass is 365 g/mol. The largest absolute Gasteiger partial charge is 0.381 e. The fourth-order valence-electron chi connectivity index (χ4n) is 1.72. The van der Waals surface area contributed by atoms with E-state index in [-0.39, 0.29) is 5.91 Å². The van der Waals surface area contributed by atoms with E-state index in [0.717, 1.165) is 23.2 Å². The molecule has 1 heterocycles. The van der Waals surface area contributed by atoms with Crippen LogP contribution in [0.5, 0.6) is 0 Å². The number of rotatable bonds is 3. The Hall–Kier alpha value is -0.330. The summed E-state index contributed by atoms with van der Waals surface area (Å²) in [6.07, 6.45) is 1.02. The highest BCUT2D eigenvalue weighted by atomic mass is 127. The number of hydrogen-bond acceptors (Lipinski definition) is 2. The zero-order chi connectivity index (χ0) is 12.3. The van der Waals surface area contributed by atoms with Gasteiger partial charge >= 0.3 is 0 Å². The van der Waals surface area contributed by atoms with E-state index in [2.05, 4.69) is 27.9 Å². The van der Waals surface area contributed by atoms with Gasteiger partial charge in [-0.05, 0) is 47.2 Å². The van der Waals surface area contributed by atoms with Gasteiger partial charge in [0.05, 0.1) is 11.6 Å². The van der Waals surface area contributed by atoms with Crippen LogP contribution in [0.25, 0.3) is 0 Å². The van der Waals surface area contributed by atoms with Crippen LogP contribution < -0.4 is 5.32 Å². The molecule has 0 bridgehead atoms. The van der Waals surface area contributed by atoms with Crippen LogP contribution in [0.3, 0.4) is 0 Å². The van der Waals surface area contributed by atoms with Gasteiger partial charge < -0.3 is 10.1 Å². The fourth-order valence-corrected chi connectivity index (χ4v) is 2.24. The molecule has 1 aliphatic rings. The lowest BCUT2D eigenvalue weighted by Gasteiger charge is -2.09. The first-order valence-corrected chi connectivity index (χ1v) is 6.93. The van der Waals surface area contributed by atoms with Gasteiger partial charge in [0, 0.05) is 28.2 Å². The van der Waals surface area contributed by atoms with Gasteiger partial charge in [-0.1, -0.05) is 11.6 Å². The van der Waals surface area contributed by atoms with Crippen molar-refractivity contribution in [3.8, 4) is 0 Å². The van der Waals surface area contributed by atoms with Gasteiger partial charge in [0.2, 0.25) is 0 Å². The SMILES string of the molecule is O=C(NCC1CCOC1)c1ccc(I)c(Cl)c1. The average Bonchev–Trinajstić information content (AvgIpc) is 2.82. The Morgan fingerprint density at radius 1 is 1.59 bits per heavy atom. The Morgan fingerprint density at radius 2 is 2.41 bits per heavy atom. The third-order valence-electron chi connectivity index (χ3n) is 2.76. The number of amides is 1. The van der Waals surface area contributed by atoms with Crippen molar-refractivity contribution in [2.24, 2.45) is 5.92 Å². The second-order valence-electron chi connectivity index (χ2n) is 4.07. The molecular weight excluding hydrogens is 352 g/mol. The molecule has 1 saturated heterocycles. The Bertz CT molecular complexity index is 419. The number of nitrogens with one attached hydrogen (secondary N) is 1. The summed E-state index contributed by atoms with van der Waals surface area (Å²) in [4.78, 5) is 11.9. The molecule has 3 nitrogen and oxygen atoms in total. The molecule has 0 spiro atoms. The van der Waals surface area contributed by atoms with Crippen LogP contribution in [-0.4, -0.2) is 25.7 Å². The first-order chi connectivity index (χ1) is 8.16. The Kier molecular flexibility index (Phi) is 4.64. The van der Waals surface area contributed by atoms with E-state index < -0.39 is 0 Å². The Balaban J connectivity index is 1.92. The van der Waals surface area contributed by atoms with Crippen LogP contribution in [0.15, 0.2) is 18.2 Å². The van der Waals surface area contributed by atoms with Gasteiger partial charge in [0.25, 0.3) is 5.91 Å². The third-order valence-corrected chi connectivity index (χ3v) is 4.33. The molecule has 0 aliphatic carbocycles. The van der Waals surface area contributed by atoms with E-state index in [1.807, 2.05) is 6.07 Å². The van der Waals surface area contributed by atoms with Crippen LogP contribution in [0, 0.1) is 9.49 Å². The quantitative estimate of drug-likeness (QED) is 0.837. The van der Waals surface area contributed by atoms with E-state index in [1.54, 1.807) is 12.1 Å². The number of carbonyl (C=O) groups is 1. The van der Waals surface area contributed by atoms with Crippen molar-refractivity contribution < 1.29 is 9.53 Å². The van der Waals surface area contributed by atoms with E-state index in [9.17, 15) is 4.79 Å². The number of benzene rings is 1. The predicted molar refractivity (Wildman–Crippen MR) is 75.4 cm³/mol. The smallest absolute Gasteiger partial charge is 0.251 e. The summed E-state index contributed by atoms with van der Waals surface area (Å²) in [7, 11) is 0. The number of ether oxygens (including phenoxy) is 1. The molecular formula is C12H13ClINO2. The van der Waals surface area contributed by atoms with Crippen molar-refractivity contribution in [2.75, 3.05) is 19.8 Å². The molecule has 0 radical (unpaired) electrons. The minimum absolute atomic E-state index is 0.0739. The minimum Gasteiger partial charge on any atom is -0.381 e. The number of hydrogen-bond donors (Lipinski definition) is 1. The summed E-state index contributed by atoms with van der Waals surface area (Å²) < 4.78 is 6.21. The lowest BCUT2D eigenvalue weighted by Crippen LogP contribution is -2.29. The van der Waals surface area contributed by atoms with Gasteiger partial charge in [0.15, 0.2) is 0 Å². The summed E-state index contributed by atoms with van der Waals surface area (Å²) in [5.41, 5.74) is 0.606. The van der Waals surface area contributed by atoms with Crippen LogP contribution in [0.4, 0.5) is 0 Å². The highest BCUT2D eigenvalue weighted by Gasteiger charge is 2.16. The van der Waals surface area contributed by atoms with Crippen molar-refractivity contribution in [1.82, 2.24) is 5.32 Å². The second kappa shape index (κ2) is 6.02. The lowest BCUT2D eigenvalue weighted by molar-refractivity contribution is 0.0945. The molecule has 92 valence electrons. The van der Waals surface area contributed by atoms with Gasteiger partial charge in [0.1, 0.15) is 0 Å². The molecule has 1 N–H and O–H groups in total. The molecule has 0 saturated carbocycles. The molecule has 1 unspecified atom stereocenters. The van der Waals surface area contributed by atoms with E-state index in [1.165, 1.54) is 0 Å². The van der Waals surface area contributed by atoms with Crippen LogP contribution >= 0.6 is 34.2 Å². The van der Waals surface area contributed by atoms with Crippen molar-refractivity contribution in [2.45, 2.75) is 6.42 Å². The molecule has 2 rings (SSSR count). The van der Waals surface area contributed by atoms with Crippen molar-refractivity contribution in [1.29, 1.82) is 0 Å². The molecule has 1 aliphatic heterocycles. The molecule has 1 aromatic carbocycles. The van der Waals surface area contributed by atoms with Gasteiger partial charge in [-0.2, -0.15) is 0 Å². The van der Waals surface area contributed by atoms with Crippen molar-refractivity contribution >= 4 is 40.1 Å². The maximum atomic E-state index is 11.9. The highest BCUT2D eigenvalue weighted by Crippen LogP contribution is 2.19. The average molecular weight is 366 g/mol. The molecule has 1 fully saturated rings. The molecule has 17 heavy (non-hydrogen) atoms. The lowest BCUT2D eigenvalue weighted by atomic mass is 10.1. The summed E-state index contributed by atoms with van der Waals surface area (Å²) in [5.74, 6) is 0.369. The summed E-state index contributed by atoms with van der Waals surface area (Å²) in [5, 5.41) is 3.52. The summed E-state index contributed by atoms with van der Waals surface area (Å²) in [6, 6.07) is 5.33. The second-order valence-corrected chi connectivity index (χ2v) is 5.64. The number of halogens is 2. The molecule has 1 amide bonds. The molecule has 1 atom stereocenters. The van der Waals surface area contributed by atoms with Crippen LogP contribution in [0.2, 0.25) is 5.02 Å². The minimum atomic E-state index is -0.0739. The predicted octanol–water partition coefficient (Wildman–Crippen LogP) is 2.71. The number of carbonyl (C=O) groups excluding carboxylic acids is 1. The van der Waals surface area contributed by atoms with E-state index >= 15 is 0 Å². The van der Waals surface area contributed by atoms with Crippen molar-refractivity contribution in [3.05, 3.63) is 32.4 Å². The maximum absolute atomic E-state index is 11.9. The van der Waals surface area contributed by atoms with E-state index in [0.29, 0.717) is 23.0 Å². The first-order valence-electron chi connectivity index (χ1n) is 5.48. The van der Waals surface area contributed by atoms with Gasteiger partial charge in [-0.3, -0.25) is 4.79 Å². The molecule has 1 aromatic rings. The fraction of sp³-hybridized carbons (Fsp3) is 0.417. The van der Waals surface area contributed by atoms with Crippen LogP contribution in [-0.2, 0) is 4.74 Å². The summed E-state index contributed by atoms with van der Waals surface area (Å²) >= 11 is 8.11. The molecule has 5 heteroatoms. The highest BCUT2D eigenvalue weighted by molar-refractivity contribution is 14.1. The van der Waals surface area contributed by atoms with Crippen molar-refractivity contribution in [3.63, 3.8) is 0 Å². The zero-order valence-corrected chi connectivity index (χ0v) is 12.1.